The van der Waals surface area contributed by atoms with Crippen LogP contribution in [-0.2, 0) is 19.1 Å². The lowest BCUT2D eigenvalue weighted by Gasteiger charge is -2.09. The third-order valence-corrected chi connectivity index (χ3v) is 5.77. The van der Waals surface area contributed by atoms with Crippen molar-refractivity contribution in [3.05, 3.63) is 50.5 Å². The zero-order valence-corrected chi connectivity index (χ0v) is 15.2. The zero-order valence-electron chi connectivity index (χ0n) is 14.4. The highest BCUT2D eigenvalue weighted by Crippen LogP contribution is 2.33. The smallest absolute Gasteiger partial charge is 0.320 e. The second-order valence-corrected chi connectivity index (χ2v) is 7.44. The molecule has 1 aliphatic carbocycles. The average molecular weight is 386 g/mol. The molecule has 0 bridgehead atoms. The number of hydrogen-bond donors (Lipinski definition) is 0. The largest absolute Gasteiger partial charge is 0.419 e. The molecule has 1 heterocycles. The van der Waals surface area contributed by atoms with Crippen molar-refractivity contribution in [2.45, 2.75) is 45.8 Å². The normalized spacial score (nSPS) is 15.5. The predicted molar refractivity (Wildman–Crippen MR) is 90.4 cm³/mol. The van der Waals surface area contributed by atoms with E-state index in [0.717, 1.165) is 48.5 Å². The summed E-state index contributed by atoms with van der Waals surface area (Å²) in [4.78, 5) is 17.8. The quantitative estimate of drug-likeness (QED) is 0.700. The summed E-state index contributed by atoms with van der Waals surface area (Å²) in [5, 5.41) is 0. The van der Waals surface area contributed by atoms with Gasteiger partial charge in [0.25, 0.3) is 5.91 Å². The molecular formula is C18H18F4N2OS. The van der Waals surface area contributed by atoms with Crippen LogP contribution in [0.3, 0.4) is 0 Å². The van der Waals surface area contributed by atoms with Crippen LogP contribution in [0, 0.1) is 18.7 Å². The van der Waals surface area contributed by atoms with Crippen LogP contribution in [0.5, 0.6) is 0 Å². The van der Waals surface area contributed by atoms with Gasteiger partial charge in [-0.05, 0) is 44.2 Å². The number of aryl methyl sites for hydroxylation is 1. The molecule has 0 radical (unpaired) electrons. The Morgan fingerprint density at radius 3 is 2.62 bits per heavy atom. The lowest BCUT2D eigenvalue weighted by Crippen LogP contribution is -2.20. The van der Waals surface area contributed by atoms with E-state index in [0.29, 0.717) is 16.8 Å². The van der Waals surface area contributed by atoms with Crippen LogP contribution in [0.4, 0.5) is 17.6 Å². The first-order chi connectivity index (χ1) is 12.2. The molecule has 1 saturated carbocycles. The van der Waals surface area contributed by atoms with Gasteiger partial charge in [0, 0.05) is 17.1 Å². The summed E-state index contributed by atoms with van der Waals surface area (Å²) in [5.41, 5.74) is -1.12. The molecule has 0 N–H and O–H groups in total. The summed E-state index contributed by atoms with van der Waals surface area (Å²) in [5.74, 6) is -2.04. The predicted octanol–water partition coefficient (Wildman–Crippen LogP) is 4.73. The summed E-state index contributed by atoms with van der Waals surface area (Å²) in [6.45, 7) is 4.64. The Kier molecular flexibility index (Phi) is 5.05. The number of benzene rings is 1. The first-order valence-corrected chi connectivity index (χ1v) is 9.17. The Balaban J connectivity index is 2.04. The molecule has 0 spiro atoms. The molecule has 0 saturated heterocycles. The van der Waals surface area contributed by atoms with Gasteiger partial charge in [0.2, 0.25) is 0 Å². The number of carbonyl (C=O) groups excluding carboxylic acids is 1. The number of nitrogens with zero attached hydrogens (tertiary/aromatic N) is 2. The fraction of sp³-hybridized carbons (Fsp3) is 0.444. The molecule has 1 fully saturated rings. The van der Waals surface area contributed by atoms with Crippen LogP contribution in [0.25, 0.3) is 0 Å². The van der Waals surface area contributed by atoms with Crippen molar-refractivity contribution in [3.63, 3.8) is 0 Å². The van der Waals surface area contributed by atoms with E-state index in [1.807, 2.05) is 18.4 Å². The van der Waals surface area contributed by atoms with Gasteiger partial charge in [-0.3, -0.25) is 4.79 Å². The highest BCUT2D eigenvalue weighted by molar-refractivity contribution is 7.09. The molecule has 1 aromatic heterocycles. The van der Waals surface area contributed by atoms with Gasteiger partial charge < -0.3 is 4.57 Å². The number of alkyl halides is 3. The molecule has 3 nitrogen and oxygen atoms in total. The number of thiazole rings is 1. The monoisotopic (exact) mass is 386 g/mol. The van der Waals surface area contributed by atoms with Gasteiger partial charge in [0.05, 0.1) is 11.1 Å². The Bertz CT molecular complexity index is 907. The molecule has 1 aromatic carbocycles. The minimum absolute atomic E-state index is 0.410. The Morgan fingerprint density at radius 1 is 1.35 bits per heavy atom. The van der Waals surface area contributed by atoms with E-state index < -0.39 is 29.0 Å². The van der Waals surface area contributed by atoms with Gasteiger partial charge in [-0.2, -0.15) is 18.2 Å². The zero-order chi connectivity index (χ0) is 19.1. The number of rotatable bonds is 4. The maximum Gasteiger partial charge on any atom is 0.419 e. The second-order valence-electron chi connectivity index (χ2n) is 6.38. The third-order valence-electron chi connectivity index (χ3n) is 4.44. The van der Waals surface area contributed by atoms with Gasteiger partial charge in [0.15, 0.2) is 4.80 Å². The lowest BCUT2D eigenvalue weighted by molar-refractivity contribution is -0.140. The maximum atomic E-state index is 14.2. The molecule has 0 unspecified atom stereocenters. The van der Waals surface area contributed by atoms with E-state index in [1.54, 1.807) is 0 Å². The van der Waals surface area contributed by atoms with Crippen LogP contribution in [0.1, 0.15) is 46.3 Å². The first-order valence-electron chi connectivity index (χ1n) is 8.36. The van der Waals surface area contributed by atoms with Gasteiger partial charge in [-0.15, -0.1) is 11.3 Å². The summed E-state index contributed by atoms with van der Waals surface area (Å²) >= 11 is 1.33. The summed E-state index contributed by atoms with van der Waals surface area (Å²) in [6.07, 6.45) is -1.87. The Morgan fingerprint density at radius 2 is 2.04 bits per heavy atom. The molecule has 1 amide bonds. The number of halogens is 4. The molecule has 1 aliphatic rings. The highest BCUT2D eigenvalue weighted by atomic mass is 32.1. The minimum atomic E-state index is -4.86. The maximum absolute atomic E-state index is 14.2. The molecule has 140 valence electrons. The summed E-state index contributed by atoms with van der Waals surface area (Å²) < 4.78 is 54.7. The van der Waals surface area contributed by atoms with Crippen LogP contribution < -0.4 is 4.80 Å². The van der Waals surface area contributed by atoms with Gasteiger partial charge in [-0.25, -0.2) is 4.39 Å². The van der Waals surface area contributed by atoms with Crippen molar-refractivity contribution in [3.8, 4) is 0 Å². The second kappa shape index (κ2) is 6.98. The van der Waals surface area contributed by atoms with Crippen LogP contribution in [0.2, 0.25) is 0 Å². The van der Waals surface area contributed by atoms with E-state index in [2.05, 4.69) is 4.99 Å². The van der Waals surface area contributed by atoms with Crippen molar-refractivity contribution in [1.29, 1.82) is 0 Å². The van der Waals surface area contributed by atoms with Gasteiger partial charge in [0.1, 0.15) is 5.82 Å². The van der Waals surface area contributed by atoms with E-state index in [9.17, 15) is 22.4 Å². The first kappa shape index (κ1) is 18.8. The van der Waals surface area contributed by atoms with Crippen LogP contribution in [-0.4, -0.2) is 10.5 Å². The molecule has 0 aliphatic heterocycles. The fourth-order valence-corrected chi connectivity index (χ4v) is 3.85. The molecule has 3 rings (SSSR count). The van der Waals surface area contributed by atoms with E-state index in [4.69, 9.17) is 0 Å². The van der Waals surface area contributed by atoms with Crippen LogP contribution >= 0.6 is 11.3 Å². The topological polar surface area (TPSA) is 34.4 Å². The van der Waals surface area contributed by atoms with Gasteiger partial charge >= 0.3 is 6.18 Å². The Labute approximate surface area is 152 Å². The van der Waals surface area contributed by atoms with Crippen LogP contribution in [0.15, 0.2) is 23.2 Å². The standard InChI is InChI=1S/C18H18F4N2OS/c1-3-14-10(2)24(9-11-7-8-11)17(26-14)23-16(25)12-5-4-6-13(15(12)19)18(20,21)22/h4-6,11H,3,7-9H2,1-2H3/b23-17-. The van der Waals surface area contributed by atoms with Crippen molar-refractivity contribution >= 4 is 17.2 Å². The lowest BCUT2D eigenvalue weighted by atomic mass is 10.1. The average Bonchev–Trinajstić information content (AvgIpc) is 3.34. The summed E-state index contributed by atoms with van der Waals surface area (Å²) in [6, 6.07) is 2.66. The highest BCUT2D eigenvalue weighted by Gasteiger charge is 2.35. The molecule has 8 heteroatoms. The number of carbonyl (C=O) groups is 1. The molecule has 2 aromatic rings. The van der Waals surface area contributed by atoms with Gasteiger partial charge in [-0.1, -0.05) is 13.0 Å². The minimum Gasteiger partial charge on any atom is -0.320 e. The van der Waals surface area contributed by atoms with E-state index in [1.165, 1.54) is 11.3 Å². The van der Waals surface area contributed by atoms with Crippen molar-refractivity contribution in [1.82, 2.24) is 4.57 Å². The number of hydrogen-bond acceptors (Lipinski definition) is 2. The Hall–Kier alpha value is -1.96. The van der Waals surface area contributed by atoms with Crippen molar-refractivity contribution in [2.24, 2.45) is 10.9 Å². The van der Waals surface area contributed by atoms with E-state index >= 15 is 0 Å². The third kappa shape index (κ3) is 3.75. The van der Waals surface area contributed by atoms with Crippen molar-refractivity contribution in [2.75, 3.05) is 0 Å². The number of amides is 1. The molecular weight excluding hydrogens is 368 g/mol. The van der Waals surface area contributed by atoms with Crippen molar-refractivity contribution < 1.29 is 22.4 Å². The molecule has 0 atom stereocenters. The number of aromatic nitrogens is 1. The summed E-state index contributed by atoms with van der Waals surface area (Å²) in [7, 11) is 0. The SMILES string of the molecule is CCc1s/c(=N\C(=O)c2cccc(C(F)(F)F)c2F)n(CC2CC2)c1C. The van der Waals surface area contributed by atoms with E-state index in [-0.39, 0.29) is 0 Å². The molecule has 26 heavy (non-hydrogen) atoms. The fourth-order valence-electron chi connectivity index (χ4n) is 2.78.